The van der Waals surface area contributed by atoms with Crippen molar-refractivity contribution in [3.8, 4) is 0 Å². The molecule has 0 bridgehead atoms. The molecule has 0 aromatic heterocycles. The lowest BCUT2D eigenvalue weighted by molar-refractivity contribution is 1.19. The Morgan fingerprint density at radius 3 is 2.25 bits per heavy atom. The van der Waals surface area contributed by atoms with Gasteiger partial charge in [0.1, 0.15) is 0 Å². The van der Waals surface area contributed by atoms with Crippen LogP contribution in [0.15, 0.2) is 53.5 Å². The van der Waals surface area contributed by atoms with Gasteiger partial charge in [-0.25, -0.2) is 0 Å². The SMILES string of the molecule is C=Nc1ccccc1Cc1ccccc1N. The lowest BCUT2D eigenvalue weighted by atomic mass is 10.0. The average Bonchev–Trinajstić information content (AvgIpc) is 2.33. The highest BCUT2D eigenvalue weighted by atomic mass is 14.7. The van der Waals surface area contributed by atoms with Gasteiger partial charge in [0.05, 0.1) is 5.69 Å². The molecule has 2 rings (SSSR count). The largest absolute Gasteiger partial charge is 0.398 e. The zero-order valence-electron chi connectivity index (χ0n) is 9.06. The van der Waals surface area contributed by atoms with E-state index in [1.165, 1.54) is 0 Å². The van der Waals surface area contributed by atoms with Crippen LogP contribution in [0.1, 0.15) is 11.1 Å². The van der Waals surface area contributed by atoms with Crippen LogP contribution >= 0.6 is 0 Å². The molecule has 0 heterocycles. The summed E-state index contributed by atoms with van der Waals surface area (Å²) in [5.74, 6) is 0. The molecule has 0 amide bonds. The molecule has 0 unspecified atom stereocenters. The molecule has 0 saturated heterocycles. The molecule has 0 aliphatic rings. The molecular formula is C14H14N2. The van der Waals surface area contributed by atoms with E-state index in [4.69, 9.17) is 5.73 Å². The highest BCUT2D eigenvalue weighted by Gasteiger charge is 2.03. The Labute approximate surface area is 95.5 Å². The first-order valence-corrected chi connectivity index (χ1v) is 5.19. The Morgan fingerprint density at radius 1 is 0.938 bits per heavy atom. The van der Waals surface area contributed by atoms with Gasteiger partial charge in [0, 0.05) is 12.1 Å². The maximum atomic E-state index is 5.91. The fourth-order valence-corrected chi connectivity index (χ4v) is 1.71. The lowest BCUT2D eigenvalue weighted by Gasteiger charge is -2.07. The number of nitrogen functional groups attached to an aromatic ring is 1. The zero-order chi connectivity index (χ0) is 11.4. The van der Waals surface area contributed by atoms with E-state index in [0.29, 0.717) is 0 Å². The minimum absolute atomic E-state index is 0.794. The first-order valence-electron chi connectivity index (χ1n) is 5.19. The van der Waals surface area contributed by atoms with E-state index in [0.717, 1.165) is 28.9 Å². The topological polar surface area (TPSA) is 38.4 Å². The Hall–Kier alpha value is -2.09. The van der Waals surface area contributed by atoms with Gasteiger partial charge in [-0.2, -0.15) is 0 Å². The number of anilines is 1. The van der Waals surface area contributed by atoms with Crippen molar-refractivity contribution in [2.45, 2.75) is 6.42 Å². The number of aliphatic imine (C=N–C) groups is 1. The maximum absolute atomic E-state index is 5.91. The van der Waals surface area contributed by atoms with Crippen LogP contribution in [0.2, 0.25) is 0 Å². The van der Waals surface area contributed by atoms with Gasteiger partial charge in [-0.3, -0.25) is 4.99 Å². The monoisotopic (exact) mass is 210 g/mol. The molecule has 0 spiro atoms. The molecule has 0 aliphatic carbocycles. The van der Waals surface area contributed by atoms with Crippen molar-refractivity contribution >= 4 is 18.1 Å². The lowest BCUT2D eigenvalue weighted by Crippen LogP contribution is -1.95. The van der Waals surface area contributed by atoms with Crippen molar-refractivity contribution < 1.29 is 0 Å². The Balaban J connectivity index is 2.34. The number of hydrogen-bond acceptors (Lipinski definition) is 2. The van der Waals surface area contributed by atoms with Crippen molar-refractivity contribution in [3.05, 3.63) is 59.7 Å². The Bertz CT molecular complexity index is 504. The molecule has 0 radical (unpaired) electrons. The van der Waals surface area contributed by atoms with Crippen LogP contribution in [0.5, 0.6) is 0 Å². The zero-order valence-corrected chi connectivity index (χ0v) is 9.06. The maximum Gasteiger partial charge on any atom is 0.0657 e. The van der Waals surface area contributed by atoms with Crippen LogP contribution in [0.4, 0.5) is 11.4 Å². The van der Waals surface area contributed by atoms with Gasteiger partial charge in [-0.05, 0) is 30.0 Å². The minimum Gasteiger partial charge on any atom is -0.398 e. The summed E-state index contributed by atoms with van der Waals surface area (Å²) >= 11 is 0. The number of benzene rings is 2. The fraction of sp³-hybridized carbons (Fsp3) is 0.0714. The number of para-hydroxylation sites is 2. The van der Waals surface area contributed by atoms with E-state index in [2.05, 4.69) is 17.8 Å². The molecular weight excluding hydrogens is 196 g/mol. The van der Waals surface area contributed by atoms with Gasteiger partial charge < -0.3 is 5.73 Å². The van der Waals surface area contributed by atoms with E-state index >= 15 is 0 Å². The van der Waals surface area contributed by atoms with Crippen molar-refractivity contribution in [3.63, 3.8) is 0 Å². The van der Waals surface area contributed by atoms with Gasteiger partial charge >= 0.3 is 0 Å². The number of hydrogen-bond donors (Lipinski definition) is 1. The fourth-order valence-electron chi connectivity index (χ4n) is 1.71. The van der Waals surface area contributed by atoms with Gasteiger partial charge in [0.15, 0.2) is 0 Å². The molecule has 80 valence electrons. The summed E-state index contributed by atoms with van der Waals surface area (Å²) in [7, 11) is 0. The van der Waals surface area contributed by atoms with Gasteiger partial charge in [-0.15, -0.1) is 0 Å². The molecule has 0 atom stereocenters. The first-order chi connectivity index (χ1) is 7.81. The van der Waals surface area contributed by atoms with Crippen LogP contribution in [-0.4, -0.2) is 6.72 Å². The van der Waals surface area contributed by atoms with E-state index in [1.807, 2.05) is 42.5 Å². The quantitative estimate of drug-likeness (QED) is 0.613. The van der Waals surface area contributed by atoms with E-state index < -0.39 is 0 Å². The summed E-state index contributed by atoms with van der Waals surface area (Å²) in [6, 6.07) is 15.9. The molecule has 2 aromatic carbocycles. The predicted molar refractivity (Wildman–Crippen MR) is 69.3 cm³/mol. The van der Waals surface area contributed by atoms with Gasteiger partial charge in [0.25, 0.3) is 0 Å². The number of nitrogens with zero attached hydrogens (tertiary/aromatic N) is 1. The Morgan fingerprint density at radius 2 is 1.56 bits per heavy atom. The summed E-state index contributed by atoms with van der Waals surface area (Å²) in [4.78, 5) is 4.01. The van der Waals surface area contributed by atoms with E-state index in [1.54, 1.807) is 0 Å². The first kappa shape index (κ1) is 10.4. The normalized spacial score (nSPS) is 10.0. The van der Waals surface area contributed by atoms with Gasteiger partial charge in [-0.1, -0.05) is 36.4 Å². The third-order valence-corrected chi connectivity index (χ3v) is 2.60. The second-order valence-electron chi connectivity index (χ2n) is 3.66. The highest BCUT2D eigenvalue weighted by molar-refractivity contribution is 5.56. The summed E-state index contributed by atoms with van der Waals surface area (Å²) in [6.45, 7) is 3.57. The van der Waals surface area contributed by atoms with Crippen LogP contribution in [0.3, 0.4) is 0 Å². The second-order valence-corrected chi connectivity index (χ2v) is 3.66. The van der Waals surface area contributed by atoms with Crippen LogP contribution in [0.25, 0.3) is 0 Å². The predicted octanol–water partition coefficient (Wildman–Crippen LogP) is 3.19. The third kappa shape index (κ3) is 2.11. The molecule has 0 aliphatic heterocycles. The van der Waals surface area contributed by atoms with Crippen molar-refractivity contribution in [1.29, 1.82) is 0 Å². The highest BCUT2D eigenvalue weighted by Crippen LogP contribution is 2.23. The molecule has 2 aromatic rings. The molecule has 0 saturated carbocycles. The third-order valence-electron chi connectivity index (χ3n) is 2.60. The molecule has 2 N–H and O–H groups in total. The van der Waals surface area contributed by atoms with Crippen molar-refractivity contribution in [2.24, 2.45) is 4.99 Å². The minimum atomic E-state index is 0.794. The molecule has 2 nitrogen and oxygen atoms in total. The van der Waals surface area contributed by atoms with Crippen molar-refractivity contribution in [1.82, 2.24) is 0 Å². The number of rotatable bonds is 3. The Kier molecular flexibility index (Phi) is 3.01. The standard InChI is InChI=1S/C14H14N2/c1-16-14-9-5-3-7-12(14)10-11-6-2-4-8-13(11)15/h2-9H,1,10,15H2. The van der Waals surface area contributed by atoms with E-state index in [-0.39, 0.29) is 0 Å². The second kappa shape index (κ2) is 4.62. The molecule has 16 heavy (non-hydrogen) atoms. The summed E-state index contributed by atoms with van der Waals surface area (Å²) in [5, 5.41) is 0. The number of nitrogens with two attached hydrogens (primary N) is 1. The summed E-state index contributed by atoms with van der Waals surface area (Å²) in [5.41, 5.74) is 9.93. The van der Waals surface area contributed by atoms with Crippen LogP contribution in [0, 0.1) is 0 Å². The summed E-state index contributed by atoms with van der Waals surface area (Å²) < 4.78 is 0. The van der Waals surface area contributed by atoms with Crippen LogP contribution in [-0.2, 0) is 6.42 Å². The summed E-state index contributed by atoms with van der Waals surface area (Å²) in [6.07, 6.45) is 0.794. The molecule has 0 fully saturated rings. The van der Waals surface area contributed by atoms with Crippen molar-refractivity contribution in [2.75, 3.05) is 5.73 Å². The smallest absolute Gasteiger partial charge is 0.0657 e. The van der Waals surface area contributed by atoms with Crippen LogP contribution < -0.4 is 5.73 Å². The van der Waals surface area contributed by atoms with E-state index in [9.17, 15) is 0 Å². The molecule has 2 heteroatoms. The average molecular weight is 210 g/mol. The van der Waals surface area contributed by atoms with Gasteiger partial charge in [0.2, 0.25) is 0 Å².